The van der Waals surface area contributed by atoms with Crippen LogP contribution >= 0.6 is 11.3 Å². The number of nitrogens with one attached hydrogen (secondary N) is 2. The summed E-state index contributed by atoms with van der Waals surface area (Å²) in [6.45, 7) is 4.01. The fraction of sp³-hybridized carbons (Fsp3) is 0.333. The van der Waals surface area contributed by atoms with Crippen LogP contribution in [0, 0.1) is 13.8 Å². The van der Waals surface area contributed by atoms with Gasteiger partial charge in [0.05, 0.1) is 18.7 Å². The molecule has 0 aliphatic carbocycles. The zero-order valence-electron chi connectivity index (χ0n) is 15.3. The molecule has 1 unspecified atom stereocenters. The van der Waals surface area contributed by atoms with Crippen LogP contribution in [0.1, 0.15) is 22.6 Å². The maximum absolute atomic E-state index is 12.6. The second kappa shape index (κ2) is 7.12. The smallest absolute Gasteiger partial charge is 0.325 e. The summed E-state index contributed by atoms with van der Waals surface area (Å²) in [4.78, 5) is 43.4. The van der Waals surface area contributed by atoms with Crippen molar-refractivity contribution in [3.63, 3.8) is 0 Å². The number of ether oxygens (including phenoxy) is 2. The topological polar surface area (TPSA) is 110 Å². The molecule has 9 nitrogen and oxygen atoms in total. The number of amides is 4. The number of hydrogen-bond acceptors (Lipinski definition) is 7. The highest BCUT2D eigenvalue weighted by Gasteiger charge is 2.39. The van der Waals surface area contributed by atoms with Gasteiger partial charge in [0.25, 0.3) is 5.91 Å². The molecule has 1 atom stereocenters. The van der Waals surface area contributed by atoms with Crippen molar-refractivity contribution in [2.24, 2.45) is 0 Å². The molecule has 1 saturated heterocycles. The summed E-state index contributed by atoms with van der Waals surface area (Å²) in [5.41, 5.74) is 1.58. The van der Waals surface area contributed by atoms with E-state index in [1.54, 1.807) is 18.2 Å². The minimum Gasteiger partial charge on any atom is -0.454 e. The van der Waals surface area contributed by atoms with E-state index < -0.39 is 18.0 Å². The Morgan fingerprint density at radius 2 is 2.11 bits per heavy atom. The van der Waals surface area contributed by atoms with Crippen LogP contribution in [0.3, 0.4) is 0 Å². The largest absolute Gasteiger partial charge is 0.454 e. The number of carbonyl (C=O) groups excluding carboxylic acids is 3. The normalized spacial score (nSPS) is 17.8. The Labute approximate surface area is 164 Å². The van der Waals surface area contributed by atoms with Crippen molar-refractivity contribution in [3.05, 3.63) is 34.3 Å². The first-order valence-electron chi connectivity index (χ1n) is 8.65. The Hall–Kier alpha value is -3.14. The molecule has 4 amide bonds. The summed E-state index contributed by atoms with van der Waals surface area (Å²) in [6.07, 6.45) is -0.153. The van der Waals surface area contributed by atoms with Gasteiger partial charge in [0.15, 0.2) is 16.6 Å². The highest BCUT2D eigenvalue weighted by molar-refractivity contribution is 7.15. The highest BCUT2D eigenvalue weighted by Crippen LogP contribution is 2.33. The molecule has 2 aliphatic heterocycles. The number of aryl methyl sites for hydroxylation is 2. The number of aromatic nitrogens is 1. The summed E-state index contributed by atoms with van der Waals surface area (Å²) in [6, 6.07) is 3.81. The summed E-state index contributed by atoms with van der Waals surface area (Å²) >= 11 is 1.37. The molecule has 2 aromatic rings. The first-order chi connectivity index (χ1) is 13.4. The predicted octanol–water partition coefficient (Wildman–Crippen LogP) is 1.94. The van der Waals surface area contributed by atoms with E-state index in [4.69, 9.17) is 9.47 Å². The summed E-state index contributed by atoms with van der Waals surface area (Å²) < 4.78 is 10.6. The number of urea groups is 1. The van der Waals surface area contributed by atoms with Gasteiger partial charge in [0.1, 0.15) is 6.04 Å². The second-order valence-electron chi connectivity index (χ2n) is 6.53. The van der Waals surface area contributed by atoms with Crippen LogP contribution in [-0.4, -0.2) is 40.6 Å². The molecular formula is C18H18N4O5S. The van der Waals surface area contributed by atoms with Crippen LogP contribution in [0.5, 0.6) is 11.5 Å². The van der Waals surface area contributed by atoms with Crippen molar-refractivity contribution < 1.29 is 23.9 Å². The Morgan fingerprint density at radius 1 is 1.32 bits per heavy atom. The van der Waals surface area contributed by atoms with E-state index in [0.717, 1.165) is 21.0 Å². The van der Waals surface area contributed by atoms with Crippen molar-refractivity contribution in [2.75, 3.05) is 12.1 Å². The first-order valence-corrected chi connectivity index (χ1v) is 9.46. The minimum absolute atomic E-state index is 0.0876. The van der Waals surface area contributed by atoms with Crippen molar-refractivity contribution in [2.45, 2.75) is 32.9 Å². The van der Waals surface area contributed by atoms with E-state index in [9.17, 15) is 14.4 Å². The van der Waals surface area contributed by atoms with Gasteiger partial charge in [0, 0.05) is 4.88 Å². The lowest BCUT2D eigenvalue weighted by Crippen LogP contribution is -2.34. The Kier molecular flexibility index (Phi) is 4.63. The molecule has 4 rings (SSSR count). The van der Waals surface area contributed by atoms with Gasteiger partial charge >= 0.3 is 6.03 Å². The molecule has 28 heavy (non-hydrogen) atoms. The van der Waals surface area contributed by atoms with E-state index in [2.05, 4.69) is 15.6 Å². The molecule has 1 aromatic carbocycles. The number of imide groups is 1. The van der Waals surface area contributed by atoms with Gasteiger partial charge < -0.3 is 20.1 Å². The second-order valence-corrected chi connectivity index (χ2v) is 7.73. The lowest BCUT2D eigenvalue weighted by molar-refractivity contribution is -0.130. The van der Waals surface area contributed by atoms with Gasteiger partial charge in [-0.3, -0.25) is 14.5 Å². The maximum Gasteiger partial charge on any atom is 0.325 e. The van der Waals surface area contributed by atoms with Crippen molar-refractivity contribution in [1.29, 1.82) is 0 Å². The Balaban J connectivity index is 1.38. The van der Waals surface area contributed by atoms with Gasteiger partial charge in [-0.05, 0) is 31.5 Å². The molecule has 1 fully saturated rings. The van der Waals surface area contributed by atoms with Gasteiger partial charge in [-0.1, -0.05) is 6.07 Å². The van der Waals surface area contributed by atoms with Crippen molar-refractivity contribution in [3.8, 4) is 11.5 Å². The number of hydrogen-bond donors (Lipinski definition) is 2. The number of rotatable bonds is 5. The van der Waals surface area contributed by atoms with E-state index in [0.29, 0.717) is 16.6 Å². The van der Waals surface area contributed by atoms with Crippen molar-refractivity contribution >= 4 is 34.3 Å². The number of fused-ring (bicyclic) bond motifs is 1. The Bertz CT molecular complexity index is 953. The monoisotopic (exact) mass is 402 g/mol. The summed E-state index contributed by atoms with van der Waals surface area (Å²) in [5, 5.41) is 5.72. The van der Waals surface area contributed by atoms with E-state index in [1.165, 1.54) is 11.3 Å². The average Bonchev–Trinajstić information content (AvgIpc) is 3.30. The standard InChI is InChI=1S/C18H18N4O5S/c1-9-10(2)28-17(19-9)21-15(23)6-12-16(24)22(18(25)20-12)7-11-3-4-13-14(5-11)27-8-26-13/h3-5,12H,6-8H2,1-2H3,(H,20,25)(H,19,21,23). The van der Waals surface area contributed by atoms with Crippen LogP contribution in [0.15, 0.2) is 18.2 Å². The third-order valence-corrected chi connectivity index (χ3v) is 5.54. The van der Waals surface area contributed by atoms with Gasteiger partial charge in [-0.25, -0.2) is 9.78 Å². The molecular weight excluding hydrogens is 384 g/mol. The zero-order valence-corrected chi connectivity index (χ0v) is 16.1. The summed E-state index contributed by atoms with van der Waals surface area (Å²) in [5.74, 6) is 0.388. The van der Waals surface area contributed by atoms with Gasteiger partial charge in [-0.15, -0.1) is 11.3 Å². The molecule has 3 heterocycles. The number of anilines is 1. The lowest BCUT2D eigenvalue weighted by Gasteiger charge is -2.13. The molecule has 0 radical (unpaired) electrons. The van der Waals surface area contributed by atoms with Crippen LogP contribution in [0.25, 0.3) is 0 Å². The fourth-order valence-electron chi connectivity index (χ4n) is 2.97. The molecule has 0 saturated carbocycles. The van der Waals surface area contributed by atoms with Gasteiger partial charge in [0.2, 0.25) is 12.7 Å². The molecule has 2 N–H and O–H groups in total. The Morgan fingerprint density at radius 3 is 2.86 bits per heavy atom. The zero-order chi connectivity index (χ0) is 19.8. The van der Waals surface area contributed by atoms with Gasteiger partial charge in [-0.2, -0.15) is 0 Å². The average molecular weight is 402 g/mol. The van der Waals surface area contributed by atoms with Crippen LogP contribution < -0.4 is 20.1 Å². The lowest BCUT2D eigenvalue weighted by atomic mass is 10.1. The molecule has 1 aromatic heterocycles. The quantitative estimate of drug-likeness (QED) is 0.740. The number of thiazole rings is 1. The number of benzene rings is 1. The van der Waals surface area contributed by atoms with Crippen LogP contribution in [-0.2, 0) is 16.1 Å². The number of nitrogens with zero attached hydrogens (tertiary/aromatic N) is 2. The third-order valence-electron chi connectivity index (χ3n) is 4.55. The fourth-order valence-corrected chi connectivity index (χ4v) is 3.80. The van der Waals surface area contributed by atoms with Crippen molar-refractivity contribution in [1.82, 2.24) is 15.2 Å². The maximum atomic E-state index is 12.6. The third kappa shape index (κ3) is 3.50. The molecule has 2 aliphatic rings. The molecule has 0 spiro atoms. The van der Waals surface area contributed by atoms with E-state index in [-0.39, 0.29) is 25.7 Å². The minimum atomic E-state index is -0.899. The highest BCUT2D eigenvalue weighted by atomic mass is 32.1. The van der Waals surface area contributed by atoms with Crippen LogP contribution in [0.2, 0.25) is 0 Å². The predicted molar refractivity (Wildman–Crippen MR) is 100 cm³/mol. The van der Waals surface area contributed by atoms with Crippen LogP contribution in [0.4, 0.5) is 9.93 Å². The van der Waals surface area contributed by atoms with E-state index in [1.807, 2.05) is 13.8 Å². The number of carbonyl (C=O) groups is 3. The van der Waals surface area contributed by atoms with E-state index >= 15 is 0 Å². The first kappa shape index (κ1) is 18.2. The SMILES string of the molecule is Cc1nc(NC(=O)CC2NC(=O)N(Cc3ccc4c(c3)OCO4)C2=O)sc1C. The molecule has 0 bridgehead atoms. The molecule has 10 heteroatoms. The summed E-state index contributed by atoms with van der Waals surface area (Å²) in [7, 11) is 0. The molecule has 146 valence electrons.